The summed E-state index contributed by atoms with van der Waals surface area (Å²) in [4.78, 5) is 13.7. The molecule has 21 heavy (non-hydrogen) atoms. The second kappa shape index (κ2) is 10.9. The van der Waals surface area contributed by atoms with E-state index in [1.54, 1.807) is 7.11 Å². The molecule has 2 unspecified atom stereocenters. The van der Waals surface area contributed by atoms with E-state index in [0.29, 0.717) is 52.4 Å². The van der Waals surface area contributed by atoms with Crippen molar-refractivity contribution in [1.29, 1.82) is 0 Å². The smallest absolute Gasteiger partial charge is 0.224 e. The van der Waals surface area contributed by atoms with E-state index in [2.05, 4.69) is 5.32 Å². The fourth-order valence-corrected chi connectivity index (χ4v) is 2.05. The first-order valence-electron chi connectivity index (χ1n) is 7.48. The monoisotopic (exact) mass is 304 g/mol. The first-order valence-corrected chi connectivity index (χ1v) is 7.48. The van der Waals surface area contributed by atoms with Crippen molar-refractivity contribution in [2.24, 2.45) is 0 Å². The summed E-state index contributed by atoms with van der Waals surface area (Å²) in [7, 11) is 1.61. The summed E-state index contributed by atoms with van der Waals surface area (Å²) in [5, 5.41) is 12.8. The minimum Gasteiger partial charge on any atom is -0.389 e. The Bertz CT molecular complexity index is 285. The number of aliphatic hydroxyl groups is 1. The van der Waals surface area contributed by atoms with E-state index < -0.39 is 6.10 Å². The van der Waals surface area contributed by atoms with Crippen LogP contribution in [0, 0.1) is 0 Å². The fourth-order valence-electron chi connectivity index (χ4n) is 2.05. The Morgan fingerprint density at radius 2 is 2.10 bits per heavy atom. The number of nitrogens with zero attached hydrogens (tertiary/aromatic N) is 1. The molecular weight excluding hydrogens is 276 g/mol. The lowest BCUT2D eigenvalue weighted by Crippen LogP contribution is -2.42. The van der Waals surface area contributed by atoms with E-state index >= 15 is 0 Å². The van der Waals surface area contributed by atoms with Gasteiger partial charge in [-0.25, -0.2) is 0 Å². The van der Waals surface area contributed by atoms with Gasteiger partial charge in [-0.3, -0.25) is 4.79 Å². The number of carbonyl (C=O) groups is 1. The molecule has 0 aromatic carbocycles. The van der Waals surface area contributed by atoms with Crippen LogP contribution < -0.4 is 5.32 Å². The van der Waals surface area contributed by atoms with Crippen LogP contribution >= 0.6 is 0 Å². The number of amides is 1. The summed E-state index contributed by atoms with van der Waals surface area (Å²) in [6, 6.07) is 0. The van der Waals surface area contributed by atoms with Gasteiger partial charge in [0.05, 0.1) is 38.6 Å². The van der Waals surface area contributed by atoms with Crippen LogP contribution in [0.5, 0.6) is 0 Å². The molecular formula is C14H28N2O5. The Labute approximate surface area is 126 Å². The standard InChI is InChI=1S/C14H28N2O5/c1-12(10-19-2)21-11-13(17)9-15-4-3-14(18)16-5-7-20-8-6-16/h12-13,15,17H,3-11H2,1-2H3. The SMILES string of the molecule is COCC(C)OCC(O)CNCCC(=O)N1CCOCC1. The van der Waals surface area contributed by atoms with E-state index in [0.717, 1.165) is 0 Å². The highest BCUT2D eigenvalue weighted by atomic mass is 16.5. The summed E-state index contributed by atoms with van der Waals surface area (Å²) in [6.07, 6.45) is -0.177. The molecule has 0 aromatic rings. The third kappa shape index (κ3) is 8.33. The minimum atomic E-state index is -0.581. The van der Waals surface area contributed by atoms with Crippen molar-refractivity contribution in [1.82, 2.24) is 10.2 Å². The summed E-state index contributed by atoms with van der Waals surface area (Å²) in [6.45, 7) is 6.22. The van der Waals surface area contributed by atoms with Gasteiger partial charge in [0.1, 0.15) is 0 Å². The minimum absolute atomic E-state index is 0.0347. The Morgan fingerprint density at radius 1 is 1.38 bits per heavy atom. The Morgan fingerprint density at radius 3 is 2.76 bits per heavy atom. The molecule has 2 atom stereocenters. The number of ether oxygens (including phenoxy) is 3. The van der Waals surface area contributed by atoms with Crippen LogP contribution in [-0.2, 0) is 19.0 Å². The van der Waals surface area contributed by atoms with Gasteiger partial charge in [-0.05, 0) is 6.92 Å². The van der Waals surface area contributed by atoms with E-state index in [9.17, 15) is 9.90 Å². The molecule has 1 fully saturated rings. The summed E-state index contributed by atoms with van der Waals surface area (Å²) < 4.78 is 15.6. The van der Waals surface area contributed by atoms with Crippen LogP contribution in [0.4, 0.5) is 0 Å². The maximum atomic E-state index is 11.9. The zero-order valence-electron chi connectivity index (χ0n) is 13.0. The van der Waals surface area contributed by atoms with Gasteiger partial charge in [0.25, 0.3) is 0 Å². The maximum Gasteiger partial charge on any atom is 0.224 e. The first kappa shape index (κ1) is 18.3. The average molecular weight is 304 g/mol. The molecule has 1 aliphatic heterocycles. The zero-order valence-corrected chi connectivity index (χ0v) is 13.0. The summed E-state index contributed by atoms with van der Waals surface area (Å²) in [5.41, 5.74) is 0. The lowest BCUT2D eigenvalue weighted by atomic mass is 10.3. The van der Waals surface area contributed by atoms with Gasteiger partial charge in [-0.1, -0.05) is 0 Å². The first-order chi connectivity index (χ1) is 10.1. The molecule has 124 valence electrons. The molecule has 0 radical (unpaired) electrons. The molecule has 0 aliphatic carbocycles. The van der Waals surface area contributed by atoms with Gasteiger partial charge >= 0.3 is 0 Å². The number of methoxy groups -OCH3 is 1. The summed E-state index contributed by atoms with van der Waals surface area (Å²) in [5.74, 6) is 0.130. The molecule has 0 bridgehead atoms. The number of nitrogens with one attached hydrogen (secondary N) is 1. The quantitative estimate of drug-likeness (QED) is 0.516. The zero-order chi connectivity index (χ0) is 15.5. The topological polar surface area (TPSA) is 80.3 Å². The van der Waals surface area contributed by atoms with Gasteiger partial charge < -0.3 is 29.5 Å². The van der Waals surface area contributed by atoms with Crippen molar-refractivity contribution in [2.75, 3.05) is 59.7 Å². The lowest BCUT2D eigenvalue weighted by molar-refractivity contribution is -0.135. The van der Waals surface area contributed by atoms with Crippen molar-refractivity contribution in [3.05, 3.63) is 0 Å². The van der Waals surface area contributed by atoms with Crippen LogP contribution in [0.1, 0.15) is 13.3 Å². The van der Waals surface area contributed by atoms with Gasteiger partial charge in [-0.15, -0.1) is 0 Å². The predicted octanol–water partition coefficient (Wildman–Crippen LogP) is -0.763. The van der Waals surface area contributed by atoms with Crippen molar-refractivity contribution >= 4 is 5.91 Å². The highest BCUT2D eigenvalue weighted by Crippen LogP contribution is 1.99. The van der Waals surface area contributed by atoms with E-state index in [1.165, 1.54) is 0 Å². The Hall–Kier alpha value is -0.730. The molecule has 0 saturated carbocycles. The molecule has 1 amide bonds. The van der Waals surface area contributed by atoms with Gasteiger partial charge in [0.2, 0.25) is 5.91 Å². The molecule has 0 spiro atoms. The fraction of sp³-hybridized carbons (Fsp3) is 0.929. The van der Waals surface area contributed by atoms with Crippen molar-refractivity contribution in [2.45, 2.75) is 25.6 Å². The number of rotatable bonds is 10. The Kier molecular flexibility index (Phi) is 9.53. The van der Waals surface area contributed by atoms with Crippen molar-refractivity contribution < 1.29 is 24.1 Å². The number of carbonyl (C=O) groups excluding carboxylic acids is 1. The highest BCUT2D eigenvalue weighted by Gasteiger charge is 2.16. The van der Waals surface area contributed by atoms with Crippen molar-refractivity contribution in [3.8, 4) is 0 Å². The normalized spacial score (nSPS) is 18.5. The largest absolute Gasteiger partial charge is 0.389 e. The van der Waals surface area contributed by atoms with Gasteiger partial charge in [-0.2, -0.15) is 0 Å². The molecule has 1 saturated heterocycles. The van der Waals surface area contributed by atoms with E-state index in [4.69, 9.17) is 14.2 Å². The molecule has 2 N–H and O–H groups in total. The average Bonchev–Trinajstić information content (AvgIpc) is 2.50. The van der Waals surface area contributed by atoms with Crippen LogP contribution in [0.25, 0.3) is 0 Å². The van der Waals surface area contributed by atoms with Gasteiger partial charge in [0, 0.05) is 39.7 Å². The van der Waals surface area contributed by atoms with Crippen molar-refractivity contribution in [3.63, 3.8) is 0 Å². The molecule has 0 aromatic heterocycles. The molecule has 1 rings (SSSR count). The lowest BCUT2D eigenvalue weighted by Gasteiger charge is -2.27. The molecule has 1 aliphatic rings. The number of hydrogen-bond donors (Lipinski definition) is 2. The van der Waals surface area contributed by atoms with Crippen LogP contribution in [0.2, 0.25) is 0 Å². The summed E-state index contributed by atoms with van der Waals surface area (Å²) >= 11 is 0. The number of hydrogen-bond acceptors (Lipinski definition) is 6. The highest BCUT2D eigenvalue weighted by molar-refractivity contribution is 5.76. The van der Waals surface area contributed by atoms with Crippen LogP contribution in [-0.4, -0.2) is 87.8 Å². The maximum absolute atomic E-state index is 11.9. The van der Waals surface area contributed by atoms with Gasteiger partial charge in [0.15, 0.2) is 0 Å². The van der Waals surface area contributed by atoms with Crippen LogP contribution in [0.3, 0.4) is 0 Å². The Balaban J connectivity index is 2.00. The molecule has 7 heteroatoms. The van der Waals surface area contributed by atoms with Crippen LogP contribution in [0.15, 0.2) is 0 Å². The molecule has 7 nitrogen and oxygen atoms in total. The van der Waals surface area contributed by atoms with E-state index in [1.807, 2.05) is 11.8 Å². The third-order valence-electron chi connectivity index (χ3n) is 3.23. The number of morpholine rings is 1. The second-order valence-corrected chi connectivity index (χ2v) is 5.20. The number of aliphatic hydroxyl groups excluding tert-OH is 1. The molecule has 1 heterocycles. The second-order valence-electron chi connectivity index (χ2n) is 5.20. The third-order valence-corrected chi connectivity index (χ3v) is 3.23. The van der Waals surface area contributed by atoms with E-state index in [-0.39, 0.29) is 18.6 Å². The predicted molar refractivity (Wildman–Crippen MR) is 78.2 cm³/mol.